The highest BCUT2D eigenvalue weighted by Crippen LogP contribution is 2.18. The molecule has 19 heavy (non-hydrogen) atoms. The lowest BCUT2D eigenvalue weighted by atomic mass is 10.1. The Morgan fingerprint density at radius 1 is 1.37 bits per heavy atom. The van der Waals surface area contributed by atoms with Crippen molar-refractivity contribution < 1.29 is 14.7 Å². The molecule has 1 aliphatic heterocycles. The van der Waals surface area contributed by atoms with E-state index in [1.165, 1.54) is 4.90 Å². The van der Waals surface area contributed by atoms with Crippen molar-refractivity contribution in [2.24, 2.45) is 5.73 Å². The Labute approximate surface area is 112 Å². The van der Waals surface area contributed by atoms with Crippen LogP contribution >= 0.6 is 0 Å². The predicted octanol–water partition coefficient (Wildman–Crippen LogP) is 0.632. The van der Waals surface area contributed by atoms with E-state index in [-0.39, 0.29) is 5.91 Å². The molecule has 0 saturated carbocycles. The molecule has 5 heteroatoms. The highest BCUT2D eigenvalue weighted by Gasteiger charge is 2.35. The number of aliphatic carboxylic acids is 1. The Bertz CT molecular complexity index is 461. The van der Waals surface area contributed by atoms with E-state index in [4.69, 9.17) is 10.8 Å². The standard InChI is InChI=1S/C14H18N2O3/c15-11(9-10-5-2-1-3-6-10)13(17)16-8-4-7-12(16)14(18)19/h1-3,5-6,11-12H,4,7-9,15H2,(H,18,19)/t11-,12?/m1/s1. The first-order valence-electron chi connectivity index (χ1n) is 6.42. The van der Waals surface area contributed by atoms with E-state index < -0.39 is 18.1 Å². The second kappa shape index (κ2) is 5.84. The van der Waals surface area contributed by atoms with Crippen LogP contribution in [0, 0.1) is 0 Å². The molecule has 0 spiro atoms. The van der Waals surface area contributed by atoms with Crippen LogP contribution in [0.25, 0.3) is 0 Å². The largest absolute Gasteiger partial charge is 0.480 e. The Hall–Kier alpha value is -1.88. The molecule has 0 aliphatic carbocycles. The van der Waals surface area contributed by atoms with Crippen molar-refractivity contribution in [3.8, 4) is 0 Å². The van der Waals surface area contributed by atoms with Gasteiger partial charge in [-0.05, 0) is 24.8 Å². The topological polar surface area (TPSA) is 83.6 Å². The number of carbonyl (C=O) groups excluding carboxylic acids is 1. The van der Waals surface area contributed by atoms with Crippen LogP contribution in [0.15, 0.2) is 30.3 Å². The lowest BCUT2D eigenvalue weighted by Crippen LogP contribution is -2.49. The fraction of sp³-hybridized carbons (Fsp3) is 0.429. The smallest absolute Gasteiger partial charge is 0.326 e. The fourth-order valence-corrected chi connectivity index (χ4v) is 2.46. The molecule has 1 fully saturated rings. The number of likely N-dealkylation sites (tertiary alicyclic amines) is 1. The number of nitrogens with two attached hydrogens (primary N) is 1. The monoisotopic (exact) mass is 262 g/mol. The van der Waals surface area contributed by atoms with Crippen molar-refractivity contribution in [1.29, 1.82) is 0 Å². The van der Waals surface area contributed by atoms with Crippen molar-refractivity contribution in [3.05, 3.63) is 35.9 Å². The maximum atomic E-state index is 12.2. The van der Waals surface area contributed by atoms with Gasteiger partial charge in [-0.15, -0.1) is 0 Å². The Morgan fingerprint density at radius 3 is 2.68 bits per heavy atom. The van der Waals surface area contributed by atoms with Gasteiger partial charge in [-0.2, -0.15) is 0 Å². The number of benzene rings is 1. The molecule has 0 radical (unpaired) electrons. The Kier molecular flexibility index (Phi) is 4.16. The normalized spacial score (nSPS) is 20.3. The van der Waals surface area contributed by atoms with Crippen molar-refractivity contribution in [1.82, 2.24) is 4.90 Å². The van der Waals surface area contributed by atoms with Crippen LogP contribution in [0.1, 0.15) is 18.4 Å². The van der Waals surface area contributed by atoms with Gasteiger partial charge < -0.3 is 15.7 Å². The summed E-state index contributed by atoms with van der Waals surface area (Å²) in [7, 11) is 0. The highest BCUT2D eigenvalue weighted by atomic mass is 16.4. The molecule has 0 aromatic heterocycles. The molecular formula is C14H18N2O3. The second-order valence-corrected chi connectivity index (χ2v) is 4.82. The zero-order valence-corrected chi connectivity index (χ0v) is 10.7. The number of rotatable bonds is 4. The molecule has 1 saturated heterocycles. The first-order chi connectivity index (χ1) is 9.09. The fourth-order valence-electron chi connectivity index (χ4n) is 2.46. The molecule has 1 unspecified atom stereocenters. The van der Waals surface area contributed by atoms with Gasteiger partial charge in [-0.25, -0.2) is 4.79 Å². The lowest BCUT2D eigenvalue weighted by Gasteiger charge is -2.24. The van der Waals surface area contributed by atoms with Crippen LogP contribution in [0.3, 0.4) is 0 Å². The van der Waals surface area contributed by atoms with E-state index in [1.807, 2.05) is 30.3 Å². The molecule has 3 N–H and O–H groups in total. The van der Waals surface area contributed by atoms with Crippen molar-refractivity contribution >= 4 is 11.9 Å². The van der Waals surface area contributed by atoms with Gasteiger partial charge in [-0.1, -0.05) is 30.3 Å². The maximum absolute atomic E-state index is 12.2. The summed E-state index contributed by atoms with van der Waals surface area (Å²) in [4.78, 5) is 24.7. The summed E-state index contributed by atoms with van der Waals surface area (Å²) < 4.78 is 0. The van der Waals surface area contributed by atoms with E-state index in [0.717, 1.165) is 12.0 Å². The second-order valence-electron chi connectivity index (χ2n) is 4.82. The molecule has 1 aliphatic rings. The summed E-state index contributed by atoms with van der Waals surface area (Å²) in [5.41, 5.74) is 6.89. The quantitative estimate of drug-likeness (QED) is 0.833. The number of carbonyl (C=O) groups is 2. The van der Waals surface area contributed by atoms with Gasteiger partial charge in [-0.3, -0.25) is 4.79 Å². The third-order valence-corrected chi connectivity index (χ3v) is 3.44. The molecular weight excluding hydrogens is 244 g/mol. The summed E-state index contributed by atoms with van der Waals surface area (Å²) in [6.07, 6.45) is 1.67. The summed E-state index contributed by atoms with van der Waals surface area (Å²) in [5, 5.41) is 9.07. The van der Waals surface area contributed by atoms with E-state index in [1.54, 1.807) is 0 Å². The van der Waals surface area contributed by atoms with Gasteiger partial charge in [0.05, 0.1) is 6.04 Å². The number of amides is 1. The van der Waals surface area contributed by atoms with Crippen molar-refractivity contribution in [2.45, 2.75) is 31.3 Å². The van der Waals surface area contributed by atoms with E-state index in [2.05, 4.69) is 0 Å². The van der Waals surface area contributed by atoms with Crippen LogP contribution in [-0.2, 0) is 16.0 Å². The number of nitrogens with zero attached hydrogens (tertiary/aromatic N) is 1. The number of hydrogen-bond acceptors (Lipinski definition) is 3. The molecule has 1 aromatic rings. The van der Waals surface area contributed by atoms with Crippen molar-refractivity contribution in [3.63, 3.8) is 0 Å². The van der Waals surface area contributed by atoms with Crippen molar-refractivity contribution in [2.75, 3.05) is 6.54 Å². The average Bonchev–Trinajstić information content (AvgIpc) is 2.88. The van der Waals surface area contributed by atoms with Crippen LogP contribution in [0.4, 0.5) is 0 Å². The molecule has 2 rings (SSSR count). The Morgan fingerprint density at radius 2 is 2.05 bits per heavy atom. The minimum atomic E-state index is -0.947. The van der Waals surface area contributed by atoms with Crippen LogP contribution < -0.4 is 5.73 Å². The first-order valence-corrected chi connectivity index (χ1v) is 6.42. The first kappa shape index (κ1) is 13.5. The molecule has 0 bridgehead atoms. The molecule has 1 amide bonds. The number of hydrogen-bond donors (Lipinski definition) is 2. The van der Waals surface area contributed by atoms with Gasteiger partial charge in [0, 0.05) is 6.54 Å². The average molecular weight is 262 g/mol. The summed E-state index contributed by atoms with van der Waals surface area (Å²) in [5.74, 6) is -1.22. The van der Waals surface area contributed by atoms with Gasteiger partial charge >= 0.3 is 5.97 Å². The molecule has 1 heterocycles. The van der Waals surface area contributed by atoms with Gasteiger partial charge in [0.1, 0.15) is 6.04 Å². The predicted molar refractivity (Wildman–Crippen MR) is 70.5 cm³/mol. The maximum Gasteiger partial charge on any atom is 0.326 e. The minimum absolute atomic E-state index is 0.270. The highest BCUT2D eigenvalue weighted by molar-refractivity contribution is 5.87. The third kappa shape index (κ3) is 3.12. The zero-order chi connectivity index (χ0) is 13.8. The van der Waals surface area contributed by atoms with Crippen LogP contribution in [-0.4, -0.2) is 40.5 Å². The lowest BCUT2D eigenvalue weighted by molar-refractivity contribution is -0.148. The number of carboxylic acids is 1. The molecule has 1 aromatic carbocycles. The summed E-state index contributed by atoms with van der Waals surface area (Å²) in [6, 6.07) is 8.11. The molecule has 5 nitrogen and oxygen atoms in total. The minimum Gasteiger partial charge on any atom is -0.480 e. The third-order valence-electron chi connectivity index (χ3n) is 3.44. The van der Waals surface area contributed by atoms with E-state index in [9.17, 15) is 9.59 Å². The van der Waals surface area contributed by atoms with E-state index >= 15 is 0 Å². The van der Waals surface area contributed by atoms with Crippen LogP contribution in [0.5, 0.6) is 0 Å². The van der Waals surface area contributed by atoms with Gasteiger partial charge in [0.25, 0.3) is 0 Å². The molecule has 2 atom stereocenters. The summed E-state index contributed by atoms with van der Waals surface area (Å²) in [6.45, 7) is 0.484. The van der Waals surface area contributed by atoms with E-state index in [0.29, 0.717) is 19.4 Å². The SMILES string of the molecule is N[C@H](Cc1ccccc1)C(=O)N1CCCC1C(=O)O. The van der Waals surface area contributed by atoms with Gasteiger partial charge in [0.15, 0.2) is 0 Å². The Balaban J connectivity index is 2.01. The summed E-state index contributed by atoms with van der Waals surface area (Å²) >= 11 is 0. The zero-order valence-electron chi connectivity index (χ0n) is 10.7. The van der Waals surface area contributed by atoms with Gasteiger partial charge in [0.2, 0.25) is 5.91 Å². The number of carboxylic acid groups (broad SMARTS) is 1. The molecule has 102 valence electrons. The van der Waals surface area contributed by atoms with Crippen LogP contribution in [0.2, 0.25) is 0 Å².